The van der Waals surface area contributed by atoms with Crippen molar-refractivity contribution in [1.82, 2.24) is 25.6 Å². The fraction of sp³-hybridized carbons (Fsp3) is 0.348. The number of aliphatic hydroxyl groups excluding tert-OH is 1. The molecule has 0 spiro atoms. The number of amides is 2. The highest BCUT2D eigenvalue weighted by molar-refractivity contribution is 5.94. The minimum absolute atomic E-state index is 0.0562. The summed E-state index contributed by atoms with van der Waals surface area (Å²) in [5, 5.41) is 18.2. The summed E-state index contributed by atoms with van der Waals surface area (Å²) in [6.07, 6.45) is -0.254. The normalized spacial score (nSPS) is 13.4. The van der Waals surface area contributed by atoms with Crippen molar-refractivity contribution in [3.05, 3.63) is 47.5 Å². The van der Waals surface area contributed by atoms with Gasteiger partial charge in [-0.1, -0.05) is 0 Å². The van der Waals surface area contributed by atoms with Crippen molar-refractivity contribution in [3.8, 4) is 11.6 Å². The smallest absolute Gasteiger partial charge is 0.407 e. The number of aromatic nitrogens is 3. The molecule has 1 unspecified atom stereocenters. The molecular formula is C23H25FN6O6. The van der Waals surface area contributed by atoms with Gasteiger partial charge in [-0.2, -0.15) is 0 Å². The zero-order valence-corrected chi connectivity index (χ0v) is 19.4. The standard InChI is InChI=1S/C23H25FN6O6/c1-34-20-5-3-17-21(30-20)15(16(24)10-26-17)6-7-25-9-14(31)11-36-23(33)27-8-13-2-4-18-22(28-13)29-19(32)12-35-18/h2-5,10,14,25,31H,6-9,11-12H2,1H3,(H,27,33)(H,28,29,32). The second kappa shape index (κ2) is 11.6. The molecule has 13 heteroatoms. The van der Waals surface area contributed by atoms with E-state index in [1.165, 1.54) is 7.11 Å². The third-order valence-corrected chi connectivity index (χ3v) is 5.23. The highest BCUT2D eigenvalue weighted by Crippen LogP contribution is 2.25. The van der Waals surface area contributed by atoms with E-state index in [9.17, 15) is 19.1 Å². The number of fused-ring (bicyclic) bond motifs is 2. The van der Waals surface area contributed by atoms with Crippen molar-refractivity contribution in [2.45, 2.75) is 19.1 Å². The quantitative estimate of drug-likeness (QED) is 0.295. The molecule has 0 aliphatic carbocycles. The van der Waals surface area contributed by atoms with Crippen LogP contribution in [0.3, 0.4) is 0 Å². The number of hydrogen-bond donors (Lipinski definition) is 4. The molecule has 3 aromatic rings. The van der Waals surface area contributed by atoms with Crippen LogP contribution in [0.15, 0.2) is 30.5 Å². The largest absolute Gasteiger partial charge is 0.481 e. The number of anilines is 1. The van der Waals surface area contributed by atoms with Crippen molar-refractivity contribution in [2.75, 3.05) is 38.7 Å². The first-order valence-corrected chi connectivity index (χ1v) is 11.1. The number of rotatable bonds is 10. The molecule has 0 radical (unpaired) electrons. The molecule has 4 heterocycles. The first kappa shape index (κ1) is 25.0. The summed E-state index contributed by atoms with van der Waals surface area (Å²) in [5.41, 5.74) is 1.84. The van der Waals surface area contributed by atoms with Crippen LogP contribution in [0.2, 0.25) is 0 Å². The number of carbonyl (C=O) groups is 2. The van der Waals surface area contributed by atoms with Gasteiger partial charge in [0.05, 0.1) is 36.6 Å². The Morgan fingerprint density at radius 1 is 1.31 bits per heavy atom. The van der Waals surface area contributed by atoms with Crippen LogP contribution in [-0.4, -0.2) is 71.6 Å². The Morgan fingerprint density at radius 3 is 3.00 bits per heavy atom. The number of halogens is 1. The molecule has 12 nitrogen and oxygen atoms in total. The number of nitrogens with one attached hydrogen (secondary N) is 3. The van der Waals surface area contributed by atoms with Gasteiger partial charge in [0.15, 0.2) is 18.2 Å². The Hall–Kier alpha value is -4.10. The summed E-state index contributed by atoms with van der Waals surface area (Å²) in [4.78, 5) is 35.9. The lowest BCUT2D eigenvalue weighted by Gasteiger charge is -2.17. The Balaban J connectivity index is 1.18. The molecule has 190 valence electrons. The molecule has 4 rings (SSSR count). The van der Waals surface area contributed by atoms with E-state index in [2.05, 4.69) is 30.9 Å². The maximum Gasteiger partial charge on any atom is 0.407 e. The molecule has 2 amide bonds. The molecule has 0 aromatic carbocycles. The molecule has 4 N–H and O–H groups in total. The van der Waals surface area contributed by atoms with Crippen LogP contribution in [0.5, 0.6) is 11.6 Å². The number of pyridine rings is 3. The topological polar surface area (TPSA) is 157 Å². The predicted molar refractivity (Wildman–Crippen MR) is 125 cm³/mol. The number of hydrogen-bond acceptors (Lipinski definition) is 10. The zero-order chi connectivity index (χ0) is 25.5. The third-order valence-electron chi connectivity index (χ3n) is 5.23. The Kier molecular flexibility index (Phi) is 8.02. The van der Waals surface area contributed by atoms with Crippen LogP contribution in [0.25, 0.3) is 11.0 Å². The maximum absolute atomic E-state index is 14.3. The lowest BCUT2D eigenvalue weighted by Crippen LogP contribution is -2.34. The van der Waals surface area contributed by atoms with Gasteiger partial charge in [0.1, 0.15) is 18.5 Å². The van der Waals surface area contributed by atoms with Crippen molar-refractivity contribution < 1.29 is 33.3 Å². The number of carbonyl (C=O) groups excluding carboxylic acids is 2. The highest BCUT2D eigenvalue weighted by Gasteiger charge is 2.18. The summed E-state index contributed by atoms with van der Waals surface area (Å²) in [7, 11) is 1.48. The minimum atomic E-state index is -0.970. The molecule has 36 heavy (non-hydrogen) atoms. The van der Waals surface area contributed by atoms with Gasteiger partial charge in [0.25, 0.3) is 5.91 Å². The van der Waals surface area contributed by atoms with Crippen LogP contribution < -0.4 is 25.4 Å². The van der Waals surface area contributed by atoms with Gasteiger partial charge in [-0.3, -0.25) is 9.78 Å². The third kappa shape index (κ3) is 6.31. The molecule has 3 aromatic heterocycles. The Morgan fingerprint density at radius 2 is 2.17 bits per heavy atom. The molecule has 0 fully saturated rings. The fourth-order valence-electron chi connectivity index (χ4n) is 3.46. The summed E-state index contributed by atoms with van der Waals surface area (Å²) in [5.74, 6) is 0.313. The highest BCUT2D eigenvalue weighted by atomic mass is 19.1. The SMILES string of the molecule is COc1ccc2ncc(F)c(CCNCC(O)COC(=O)NCc3ccc4c(n3)NC(=O)CO4)c2n1. The van der Waals surface area contributed by atoms with Gasteiger partial charge in [-0.15, -0.1) is 0 Å². The van der Waals surface area contributed by atoms with Crippen LogP contribution in [0.4, 0.5) is 15.0 Å². The van der Waals surface area contributed by atoms with Gasteiger partial charge >= 0.3 is 6.09 Å². The van der Waals surface area contributed by atoms with E-state index in [0.717, 1.165) is 6.20 Å². The first-order chi connectivity index (χ1) is 17.4. The summed E-state index contributed by atoms with van der Waals surface area (Å²) in [6.45, 7) is 0.217. The lowest BCUT2D eigenvalue weighted by molar-refractivity contribution is -0.118. The molecule has 0 bridgehead atoms. The van der Waals surface area contributed by atoms with E-state index in [0.29, 0.717) is 46.9 Å². The zero-order valence-electron chi connectivity index (χ0n) is 19.4. The van der Waals surface area contributed by atoms with Gasteiger partial charge in [-0.05, 0) is 31.2 Å². The van der Waals surface area contributed by atoms with Crippen molar-refractivity contribution in [1.29, 1.82) is 0 Å². The molecular weight excluding hydrogens is 475 g/mol. The molecule has 1 aliphatic heterocycles. The summed E-state index contributed by atoms with van der Waals surface area (Å²) >= 11 is 0. The van der Waals surface area contributed by atoms with Crippen LogP contribution in [-0.2, 0) is 22.5 Å². The number of methoxy groups -OCH3 is 1. The van der Waals surface area contributed by atoms with Crippen LogP contribution in [0, 0.1) is 5.82 Å². The minimum Gasteiger partial charge on any atom is -0.481 e. The number of aliphatic hydroxyl groups is 1. The van der Waals surface area contributed by atoms with Crippen molar-refractivity contribution >= 4 is 28.9 Å². The second-order valence-electron chi connectivity index (χ2n) is 7.85. The first-order valence-electron chi connectivity index (χ1n) is 11.1. The lowest BCUT2D eigenvalue weighted by atomic mass is 10.1. The fourth-order valence-corrected chi connectivity index (χ4v) is 3.46. The van der Waals surface area contributed by atoms with Crippen molar-refractivity contribution in [2.24, 2.45) is 0 Å². The Labute approximate surface area is 205 Å². The van der Waals surface area contributed by atoms with E-state index in [-0.39, 0.29) is 38.0 Å². The van der Waals surface area contributed by atoms with Crippen LogP contribution in [0.1, 0.15) is 11.3 Å². The predicted octanol–water partition coefficient (Wildman–Crippen LogP) is 0.923. The Bertz CT molecular complexity index is 1260. The second-order valence-corrected chi connectivity index (χ2v) is 7.85. The average Bonchev–Trinajstić information content (AvgIpc) is 2.89. The van der Waals surface area contributed by atoms with Gasteiger partial charge < -0.3 is 35.3 Å². The summed E-state index contributed by atoms with van der Waals surface area (Å²) in [6, 6.07) is 6.65. The maximum atomic E-state index is 14.3. The van der Waals surface area contributed by atoms with Crippen molar-refractivity contribution in [3.63, 3.8) is 0 Å². The van der Waals surface area contributed by atoms with Crippen LogP contribution >= 0.6 is 0 Å². The van der Waals surface area contributed by atoms with E-state index < -0.39 is 18.0 Å². The van der Waals surface area contributed by atoms with E-state index in [1.807, 2.05) is 0 Å². The van der Waals surface area contributed by atoms with Gasteiger partial charge in [0.2, 0.25) is 5.88 Å². The summed E-state index contributed by atoms with van der Waals surface area (Å²) < 4.78 is 29.7. The van der Waals surface area contributed by atoms with Gasteiger partial charge in [0, 0.05) is 18.2 Å². The molecule has 1 atom stereocenters. The molecule has 0 saturated carbocycles. The van der Waals surface area contributed by atoms with Gasteiger partial charge in [-0.25, -0.2) is 19.2 Å². The molecule has 1 aliphatic rings. The van der Waals surface area contributed by atoms with E-state index >= 15 is 0 Å². The monoisotopic (exact) mass is 500 g/mol. The number of ether oxygens (including phenoxy) is 3. The molecule has 0 saturated heterocycles. The number of alkyl carbamates (subject to hydrolysis) is 1. The van der Waals surface area contributed by atoms with E-state index in [4.69, 9.17) is 14.2 Å². The average molecular weight is 500 g/mol. The number of nitrogens with zero attached hydrogens (tertiary/aromatic N) is 3. The van der Waals surface area contributed by atoms with E-state index in [1.54, 1.807) is 24.3 Å².